The van der Waals surface area contributed by atoms with Gasteiger partial charge in [0.2, 0.25) is 5.95 Å². The lowest BCUT2D eigenvalue weighted by atomic mass is 10.1. The average molecular weight is 235 g/mol. The predicted molar refractivity (Wildman–Crippen MR) is 60.5 cm³/mol. The Morgan fingerprint density at radius 2 is 2.35 bits per heavy atom. The minimum atomic E-state index is -0.616. The fourth-order valence-corrected chi connectivity index (χ4v) is 1.41. The number of nitrogens with zero attached hydrogens (tertiary/aromatic N) is 3. The van der Waals surface area contributed by atoms with E-state index >= 15 is 0 Å². The molecule has 0 saturated heterocycles. The van der Waals surface area contributed by atoms with Crippen molar-refractivity contribution in [2.24, 2.45) is 5.92 Å². The highest BCUT2D eigenvalue weighted by atomic mass is 19.1. The summed E-state index contributed by atoms with van der Waals surface area (Å²) in [4.78, 5) is 17.0. The molecule has 0 saturated carbocycles. The van der Waals surface area contributed by atoms with Crippen molar-refractivity contribution in [1.82, 2.24) is 9.88 Å². The first-order chi connectivity index (χ1) is 8.08. The Labute approximate surface area is 99.7 Å². The van der Waals surface area contributed by atoms with Gasteiger partial charge in [0, 0.05) is 19.3 Å². The highest BCUT2D eigenvalue weighted by Gasteiger charge is 2.16. The molecule has 4 nitrogen and oxygen atoms in total. The maximum Gasteiger partial charge on any atom is 0.255 e. The number of halogens is 1. The third kappa shape index (κ3) is 3.52. The molecule has 0 spiro atoms. The Balaban J connectivity index is 2.79. The van der Waals surface area contributed by atoms with Gasteiger partial charge in [-0.15, -0.1) is 0 Å². The second-order valence-corrected chi connectivity index (χ2v) is 3.74. The van der Waals surface area contributed by atoms with Gasteiger partial charge in [-0.2, -0.15) is 9.65 Å². The lowest BCUT2D eigenvalue weighted by Gasteiger charge is -2.21. The van der Waals surface area contributed by atoms with Crippen LogP contribution in [0.15, 0.2) is 18.3 Å². The summed E-state index contributed by atoms with van der Waals surface area (Å²) in [5, 5.41) is 8.72. The Morgan fingerprint density at radius 1 is 1.65 bits per heavy atom. The van der Waals surface area contributed by atoms with Crippen LogP contribution < -0.4 is 0 Å². The summed E-state index contributed by atoms with van der Waals surface area (Å²) >= 11 is 0. The fourth-order valence-electron chi connectivity index (χ4n) is 1.41. The molecule has 0 aliphatic carbocycles. The summed E-state index contributed by atoms with van der Waals surface area (Å²) in [6, 6.07) is 4.62. The van der Waals surface area contributed by atoms with Crippen molar-refractivity contribution in [3.05, 3.63) is 29.8 Å². The van der Waals surface area contributed by atoms with Crippen molar-refractivity contribution >= 4 is 5.91 Å². The molecule has 0 radical (unpaired) electrons. The molecule has 0 aliphatic heterocycles. The summed E-state index contributed by atoms with van der Waals surface area (Å²) in [5.74, 6) is -1.08. The molecule has 1 rings (SSSR count). The van der Waals surface area contributed by atoms with Gasteiger partial charge in [-0.25, -0.2) is 4.98 Å². The van der Waals surface area contributed by atoms with E-state index in [0.717, 1.165) is 6.07 Å². The van der Waals surface area contributed by atoms with E-state index in [0.29, 0.717) is 18.7 Å². The van der Waals surface area contributed by atoms with E-state index < -0.39 is 5.95 Å². The molecule has 5 heteroatoms. The van der Waals surface area contributed by atoms with Gasteiger partial charge in [0.15, 0.2) is 0 Å². The number of amides is 1. The van der Waals surface area contributed by atoms with Crippen LogP contribution in [-0.2, 0) is 0 Å². The second-order valence-electron chi connectivity index (χ2n) is 3.74. The molecule has 1 aromatic rings. The van der Waals surface area contributed by atoms with E-state index in [-0.39, 0.29) is 11.8 Å². The van der Waals surface area contributed by atoms with Gasteiger partial charge in [-0.1, -0.05) is 0 Å². The van der Waals surface area contributed by atoms with Gasteiger partial charge < -0.3 is 4.90 Å². The van der Waals surface area contributed by atoms with Crippen LogP contribution in [0.25, 0.3) is 0 Å². The van der Waals surface area contributed by atoms with Crippen LogP contribution in [0, 0.1) is 23.2 Å². The van der Waals surface area contributed by atoms with Crippen LogP contribution in [0.1, 0.15) is 24.2 Å². The van der Waals surface area contributed by atoms with Crippen LogP contribution in [0.4, 0.5) is 4.39 Å². The number of hydrogen-bond acceptors (Lipinski definition) is 3. The Hall–Kier alpha value is -1.96. The van der Waals surface area contributed by atoms with Crippen molar-refractivity contribution in [1.29, 1.82) is 5.26 Å². The summed E-state index contributed by atoms with van der Waals surface area (Å²) in [6.07, 6.45) is 1.21. The monoisotopic (exact) mass is 235 g/mol. The first-order valence-electron chi connectivity index (χ1n) is 5.39. The second kappa shape index (κ2) is 5.94. The Bertz CT molecular complexity index is 424. The van der Waals surface area contributed by atoms with E-state index in [9.17, 15) is 9.18 Å². The normalized spacial score (nSPS) is 11.6. The minimum Gasteiger partial charge on any atom is -0.338 e. The number of aromatic nitrogens is 1. The largest absolute Gasteiger partial charge is 0.338 e. The van der Waals surface area contributed by atoms with Gasteiger partial charge in [-0.05, 0) is 26.0 Å². The lowest BCUT2D eigenvalue weighted by molar-refractivity contribution is 0.0752. The van der Waals surface area contributed by atoms with Gasteiger partial charge in [0.25, 0.3) is 5.91 Å². The molecule has 1 aromatic heterocycles. The Kier molecular flexibility index (Phi) is 4.58. The summed E-state index contributed by atoms with van der Waals surface area (Å²) in [7, 11) is 0. The molecule has 0 bridgehead atoms. The lowest BCUT2D eigenvalue weighted by Crippen LogP contribution is -2.34. The summed E-state index contributed by atoms with van der Waals surface area (Å²) in [5.41, 5.74) is 0.332. The predicted octanol–water partition coefficient (Wildman–Crippen LogP) is 1.84. The highest BCUT2D eigenvalue weighted by Crippen LogP contribution is 2.07. The van der Waals surface area contributed by atoms with Gasteiger partial charge in [0.05, 0.1) is 17.6 Å². The SMILES string of the molecule is CCN(CC(C)C#N)C(=O)c1ccc(F)nc1. The van der Waals surface area contributed by atoms with E-state index in [2.05, 4.69) is 11.1 Å². The van der Waals surface area contributed by atoms with E-state index in [4.69, 9.17) is 5.26 Å². The quantitative estimate of drug-likeness (QED) is 0.748. The third-order valence-electron chi connectivity index (χ3n) is 2.36. The highest BCUT2D eigenvalue weighted by molar-refractivity contribution is 5.93. The Morgan fingerprint density at radius 3 is 2.82 bits per heavy atom. The minimum absolute atomic E-state index is 0.229. The van der Waals surface area contributed by atoms with E-state index in [1.165, 1.54) is 12.3 Å². The zero-order chi connectivity index (χ0) is 12.8. The van der Waals surface area contributed by atoms with Crippen LogP contribution in [0.2, 0.25) is 0 Å². The molecule has 0 aliphatic rings. The van der Waals surface area contributed by atoms with Gasteiger partial charge >= 0.3 is 0 Å². The third-order valence-corrected chi connectivity index (χ3v) is 2.36. The van der Waals surface area contributed by atoms with Crippen LogP contribution in [-0.4, -0.2) is 28.9 Å². The fraction of sp³-hybridized carbons (Fsp3) is 0.417. The molecule has 1 heterocycles. The molecule has 1 unspecified atom stereocenters. The standard InChI is InChI=1S/C12H14FN3O/c1-3-16(8-9(2)6-14)12(17)10-4-5-11(13)15-7-10/h4-5,7,9H,3,8H2,1-2H3. The molecule has 17 heavy (non-hydrogen) atoms. The first kappa shape index (κ1) is 13.1. The molecule has 0 N–H and O–H groups in total. The molecule has 0 aromatic carbocycles. The number of rotatable bonds is 4. The number of hydrogen-bond donors (Lipinski definition) is 0. The maximum absolute atomic E-state index is 12.6. The average Bonchev–Trinajstić information content (AvgIpc) is 2.35. The molecule has 1 atom stereocenters. The van der Waals surface area contributed by atoms with Crippen LogP contribution in [0.5, 0.6) is 0 Å². The van der Waals surface area contributed by atoms with E-state index in [1.807, 2.05) is 6.92 Å². The maximum atomic E-state index is 12.6. The molecule has 0 fully saturated rings. The van der Waals surface area contributed by atoms with Crippen molar-refractivity contribution in [3.63, 3.8) is 0 Å². The number of nitriles is 1. The van der Waals surface area contributed by atoms with Crippen molar-refractivity contribution in [2.75, 3.05) is 13.1 Å². The number of carbonyl (C=O) groups is 1. The summed E-state index contributed by atoms with van der Waals surface area (Å²) < 4.78 is 12.6. The van der Waals surface area contributed by atoms with Crippen molar-refractivity contribution in [3.8, 4) is 6.07 Å². The summed E-state index contributed by atoms with van der Waals surface area (Å²) in [6.45, 7) is 4.45. The zero-order valence-corrected chi connectivity index (χ0v) is 9.85. The van der Waals surface area contributed by atoms with Gasteiger partial charge in [0.1, 0.15) is 0 Å². The van der Waals surface area contributed by atoms with Crippen LogP contribution in [0.3, 0.4) is 0 Å². The molecule has 1 amide bonds. The number of pyridine rings is 1. The molecular weight excluding hydrogens is 221 g/mol. The molecule has 90 valence electrons. The topological polar surface area (TPSA) is 57.0 Å². The van der Waals surface area contributed by atoms with Crippen molar-refractivity contribution in [2.45, 2.75) is 13.8 Å². The zero-order valence-electron chi connectivity index (χ0n) is 9.85. The van der Waals surface area contributed by atoms with Crippen molar-refractivity contribution < 1.29 is 9.18 Å². The van der Waals surface area contributed by atoms with Gasteiger partial charge in [-0.3, -0.25) is 4.79 Å². The van der Waals surface area contributed by atoms with Crippen LogP contribution >= 0.6 is 0 Å². The number of carbonyl (C=O) groups excluding carboxylic acids is 1. The smallest absolute Gasteiger partial charge is 0.255 e. The first-order valence-corrected chi connectivity index (χ1v) is 5.39. The molecular formula is C12H14FN3O. The van der Waals surface area contributed by atoms with E-state index in [1.54, 1.807) is 11.8 Å².